The van der Waals surface area contributed by atoms with Crippen LogP contribution in [0, 0.1) is 5.92 Å². The number of rotatable bonds is 7. The van der Waals surface area contributed by atoms with Crippen molar-refractivity contribution in [3.8, 4) is 5.75 Å². The first kappa shape index (κ1) is 22.3. The Hall–Kier alpha value is -2.53. The summed E-state index contributed by atoms with van der Waals surface area (Å²) in [6, 6.07) is 19.3. The van der Waals surface area contributed by atoms with Crippen LogP contribution in [-0.2, 0) is 12.1 Å². The molecule has 176 valence electrons. The molecule has 2 saturated carbocycles. The first-order valence-corrected chi connectivity index (χ1v) is 12.4. The lowest BCUT2D eigenvalue weighted by atomic mass is 9.68. The van der Waals surface area contributed by atoms with E-state index in [1.165, 1.54) is 18.4 Å². The SMILES string of the molecule is COc1ccc(CN2C[C@]3(CC[C@](c4ccccc4)(N(C)C)CC3)N(CC3CC3)C2=O)cc1. The highest BCUT2D eigenvalue weighted by Gasteiger charge is 2.55. The van der Waals surface area contributed by atoms with Crippen molar-refractivity contribution in [3.05, 3.63) is 65.7 Å². The van der Waals surface area contributed by atoms with Crippen LogP contribution in [0.4, 0.5) is 4.79 Å². The Labute approximate surface area is 198 Å². The number of amides is 2. The van der Waals surface area contributed by atoms with Crippen LogP contribution in [0.2, 0.25) is 0 Å². The average molecular weight is 448 g/mol. The highest BCUT2D eigenvalue weighted by atomic mass is 16.5. The Kier molecular flexibility index (Phi) is 5.86. The molecule has 2 aromatic rings. The first-order valence-electron chi connectivity index (χ1n) is 12.4. The van der Waals surface area contributed by atoms with E-state index in [0.717, 1.165) is 50.1 Å². The zero-order valence-electron chi connectivity index (χ0n) is 20.3. The number of nitrogens with zero attached hydrogens (tertiary/aromatic N) is 3. The molecule has 0 aromatic heterocycles. The van der Waals surface area contributed by atoms with E-state index >= 15 is 0 Å². The summed E-state index contributed by atoms with van der Waals surface area (Å²) in [5.41, 5.74) is 2.57. The number of ether oxygens (including phenoxy) is 1. The second-order valence-electron chi connectivity index (χ2n) is 10.6. The van der Waals surface area contributed by atoms with Crippen LogP contribution in [-0.4, -0.2) is 60.6 Å². The van der Waals surface area contributed by atoms with Gasteiger partial charge in [0.2, 0.25) is 0 Å². The van der Waals surface area contributed by atoms with E-state index in [1.54, 1.807) is 7.11 Å². The monoisotopic (exact) mass is 447 g/mol. The molecule has 1 heterocycles. The minimum absolute atomic E-state index is 0.0412. The maximum atomic E-state index is 13.7. The summed E-state index contributed by atoms with van der Waals surface area (Å²) < 4.78 is 5.30. The zero-order chi connectivity index (χ0) is 23.1. The normalized spacial score (nSPS) is 27.6. The van der Waals surface area contributed by atoms with Crippen LogP contribution in [0.5, 0.6) is 5.75 Å². The van der Waals surface area contributed by atoms with Gasteiger partial charge in [-0.2, -0.15) is 0 Å². The van der Waals surface area contributed by atoms with Crippen molar-refractivity contribution in [1.29, 1.82) is 0 Å². The van der Waals surface area contributed by atoms with Gasteiger partial charge in [0.15, 0.2) is 0 Å². The van der Waals surface area contributed by atoms with Crippen molar-refractivity contribution in [2.24, 2.45) is 5.92 Å². The fourth-order valence-corrected chi connectivity index (χ4v) is 6.09. The third kappa shape index (κ3) is 4.12. The van der Waals surface area contributed by atoms with Gasteiger partial charge in [-0.05, 0) is 81.8 Å². The van der Waals surface area contributed by atoms with Crippen LogP contribution in [0.25, 0.3) is 0 Å². The summed E-state index contributed by atoms with van der Waals surface area (Å²) in [7, 11) is 6.11. The minimum atomic E-state index is -0.0412. The topological polar surface area (TPSA) is 36.0 Å². The molecule has 0 bridgehead atoms. The standard InChI is InChI=1S/C28H37N3O2/c1-29(2)28(24-7-5-4-6-8-24)17-15-27(16-18-28)21-30(26(32)31(27)20-23-9-10-23)19-22-11-13-25(33-3)14-12-22/h4-8,11-14,23H,9-10,15-21H2,1-3H3/t27-,28+. The van der Waals surface area contributed by atoms with Gasteiger partial charge in [-0.3, -0.25) is 4.90 Å². The van der Waals surface area contributed by atoms with E-state index in [2.05, 4.69) is 71.3 Å². The molecule has 2 amide bonds. The van der Waals surface area contributed by atoms with E-state index in [0.29, 0.717) is 12.5 Å². The maximum Gasteiger partial charge on any atom is 0.320 e. The number of methoxy groups -OCH3 is 1. The molecule has 0 unspecified atom stereocenters. The van der Waals surface area contributed by atoms with Crippen molar-refractivity contribution in [2.45, 2.75) is 56.1 Å². The summed E-state index contributed by atoms with van der Waals surface area (Å²) >= 11 is 0. The van der Waals surface area contributed by atoms with Crippen molar-refractivity contribution in [1.82, 2.24) is 14.7 Å². The van der Waals surface area contributed by atoms with Gasteiger partial charge in [0.25, 0.3) is 0 Å². The van der Waals surface area contributed by atoms with Gasteiger partial charge in [0.1, 0.15) is 5.75 Å². The minimum Gasteiger partial charge on any atom is -0.497 e. The Morgan fingerprint density at radius 1 is 0.970 bits per heavy atom. The average Bonchev–Trinajstić information content (AvgIpc) is 3.63. The Morgan fingerprint density at radius 3 is 2.21 bits per heavy atom. The fraction of sp³-hybridized carbons (Fsp3) is 0.536. The maximum absolute atomic E-state index is 13.7. The fourth-order valence-electron chi connectivity index (χ4n) is 6.09. The van der Waals surface area contributed by atoms with Gasteiger partial charge in [0, 0.05) is 25.2 Å². The third-order valence-electron chi connectivity index (χ3n) is 8.40. The van der Waals surface area contributed by atoms with Gasteiger partial charge in [-0.1, -0.05) is 42.5 Å². The molecule has 0 N–H and O–H groups in total. The van der Waals surface area contributed by atoms with E-state index in [1.807, 2.05) is 12.1 Å². The van der Waals surface area contributed by atoms with Crippen LogP contribution in [0.15, 0.2) is 54.6 Å². The largest absolute Gasteiger partial charge is 0.497 e. The predicted octanol–water partition coefficient (Wildman–Crippen LogP) is 5.11. The van der Waals surface area contributed by atoms with Crippen LogP contribution >= 0.6 is 0 Å². The number of hydrogen-bond acceptors (Lipinski definition) is 3. The molecule has 2 aromatic carbocycles. The summed E-state index contributed by atoms with van der Waals surface area (Å²) in [5, 5.41) is 0. The van der Waals surface area contributed by atoms with Crippen molar-refractivity contribution in [2.75, 3.05) is 34.3 Å². The van der Waals surface area contributed by atoms with Crippen LogP contribution in [0.3, 0.4) is 0 Å². The van der Waals surface area contributed by atoms with Gasteiger partial charge in [-0.25, -0.2) is 4.79 Å². The smallest absolute Gasteiger partial charge is 0.320 e. The lowest BCUT2D eigenvalue weighted by Gasteiger charge is -2.51. The predicted molar refractivity (Wildman–Crippen MR) is 131 cm³/mol. The number of carbonyl (C=O) groups excluding carboxylic acids is 1. The number of hydrogen-bond donors (Lipinski definition) is 0. The molecule has 5 nitrogen and oxygen atoms in total. The molecule has 5 heteroatoms. The highest BCUT2D eigenvalue weighted by Crippen LogP contribution is 2.50. The second-order valence-corrected chi connectivity index (χ2v) is 10.6. The molecule has 2 aliphatic carbocycles. The summed E-state index contributed by atoms with van der Waals surface area (Å²) in [6.45, 7) is 2.43. The van der Waals surface area contributed by atoms with Crippen molar-refractivity contribution in [3.63, 3.8) is 0 Å². The molecule has 3 fully saturated rings. The van der Waals surface area contributed by atoms with Gasteiger partial charge in [0.05, 0.1) is 12.6 Å². The van der Waals surface area contributed by atoms with Gasteiger partial charge >= 0.3 is 6.03 Å². The first-order chi connectivity index (χ1) is 16.0. The quantitative estimate of drug-likeness (QED) is 0.592. The molecule has 0 radical (unpaired) electrons. The molecule has 5 rings (SSSR count). The molecular formula is C28H37N3O2. The van der Waals surface area contributed by atoms with E-state index < -0.39 is 0 Å². The van der Waals surface area contributed by atoms with Gasteiger partial charge < -0.3 is 14.5 Å². The van der Waals surface area contributed by atoms with Crippen LogP contribution in [0.1, 0.15) is 49.7 Å². The zero-order valence-corrected chi connectivity index (χ0v) is 20.3. The van der Waals surface area contributed by atoms with E-state index in [4.69, 9.17) is 4.74 Å². The lowest BCUT2D eigenvalue weighted by Crippen LogP contribution is -2.55. The molecule has 3 aliphatic rings. The van der Waals surface area contributed by atoms with Crippen molar-refractivity contribution < 1.29 is 9.53 Å². The van der Waals surface area contributed by atoms with E-state index in [9.17, 15) is 4.79 Å². The molecule has 1 aliphatic heterocycles. The molecule has 1 spiro atoms. The summed E-state index contributed by atoms with van der Waals surface area (Å²) in [5.74, 6) is 1.55. The second kappa shape index (κ2) is 8.68. The molecular weight excluding hydrogens is 410 g/mol. The van der Waals surface area contributed by atoms with Crippen molar-refractivity contribution >= 4 is 6.03 Å². The Morgan fingerprint density at radius 2 is 1.64 bits per heavy atom. The number of benzene rings is 2. The third-order valence-corrected chi connectivity index (χ3v) is 8.40. The van der Waals surface area contributed by atoms with E-state index in [-0.39, 0.29) is 17.1 Å². The Bertz CT molecular complexity index is 960. The molecule has 1 saturated heterocycles. The highest BCUT2D eigenvalue weighted by molar-refractivity contribution is 5.78. The Balaban J connectivity index is 1.38. The number of carbonyl (C=O) groups is 1. The number of urea groups is 1. The summed E-state index contributed by atoms with van der Waals surface area (Å²) in [6.07, 6.45) is 6.80. The molecule has 0 atom stereocenters. The van der Waals surface area contributed by atoms with Gasteiger partial charge in [-0.15, -0.1) is 0 Å². The van der Waals surface area contributed by atoms with Crippen LogP contribution < -0.4 is 4.74 Å². The molecule has 33 heavy (non-hydrogen) atoms. The summed E-state index contributed by atoms with van der Waals surface area (Å²) in [4.78, 5) is 20.4. The lowest BCUT2D eigenvalue weighted by molar-refractivity contribution is 0.0232.